The van der Waals surface area contributed by atoms with Gasteiger partial charge in [-0.15, -0.1) is 0 Å². The molecule has 2 aromatic rings. The summed E-state index contributed by atoms with van der Waals surface area (Å²) in [6.07, 6.45) is 0.737. The zero-order valence-electron chi connectivity index (χ0n) is 15.3. The number of amides is 2. The minimum atomic E-state index is -1.15. The smallest absolute Gasteiger partial charge is 0.239 e. The Morgan fingerprint density at radius 1 is 0.880 bits per heavy atom. The number of nitrogens with one attached hydrogen (secondary N) is 2. The average Bonchev–Trinajstić information content (AvgIpc) is 2.58. The van der Waals surface area contributed by atoms with Crippen molar-refractivity contribution in [2.24, 2.45) is 5.41 Å². The molecule has 4 heteroatoms. The van der Waals surface area contributed by atoms with Crippen LogP contribution in [-0.4, -0.2) is 18.4 Å². The highest BCUT2D eigenvalue weighted by Gasteiger charge is 2.36. The SMILES string of the molecule is Cc1cccc(C)c1NC(=O)C(C)(C)C(=O)NCCc1ccccc1. The third kappa shape index (κ3) is 4.69. The van der Waals surface area contributed by atoms with Gasteiger partial charge in [-0.25, -0.2) is 0 Å². The van der Waals surface area contributed by atoms with Crippen molar-refractivity contribution in [2.45, 2.75) is 34.1 Å². The van der Waals surface area contributed by atoms with Crippen LogP contribution in [0.3, 0.4) is 0 Å². The van der Waals surface area contributed by atoms with Crippen LogP contribution < -0.4 is 10.6 Å². The Morgan fingerprint density at radius 3 is 2.08 bits per heavy atom. The molecule has 0 aromatic heterocycles. The largest absolute Gasteiger partial charge is 0.355 e. The number of hydrogen-bond donors (Lipinski definition) is 2. The van der Waals surface area contributed by atoms with E-state index in [-0.39, 0.29) is 11.8 Å². The molecule has 4 nitrogen and oxygen atoms in total. The molecule has 0 atom stereocenters. The molecule has 0 fully saturated rings. The molecule has 0 aliphatic carbocycles. The van der Waals surface area contributed by atoms with Crippen LogP contribution in [0.4, 0.5) is 5.69 Å². The van der Waals surface area contributed by atoms with Crippen molar-refractivity contribution < 1.29 is 9.59 Å². The van der Waals surface area contributed by atoms with E-state index in [9.17, 15) is 9.59 Å². The summed E-state index contributed by atoms with van der Waals surface area (Å²) < 4.78 is 0. The van der Waals surface area contributed by atoms with Crippen molar-refractivity contribution in [2.75, 3.05) is 11.9 Å². The van der Waals surface area contributed by atoms with E-state index >= 15 is 0 Å². The summed E-state index contributed by atoms with van der Waals surface area (Å²) in [6, 6.07) is 15.8. The minimum absolute atomic E-state index is 0.271. The average molecular weight is 338 g/mol. The fraction of sp³-hybridized carbons (Fsp3) is 0.333. The molecule has 0 spiro atoms. The zero-order valence-corrected chi connectivity index (χ0v) is 15.3. The molecule has 25 heavy (non-hydrogen) atoms. The van der Waals surface area contributed by atoms with Gasteiger partial charge < -0.3 is 10.6 Å². The predicted molar refractivity (Wildman–Crippen MR) is 101 cm³/mol. The molecular weight excluding hydrogens is 312 g/mol. The monoisotopic (exact) mass is 338 g/mol. The summed E-state index contributed by atoms with van der Waals surface area (Å²) >= 11 is 0. The van der Waals surface area contributed by atoms with E-state index in [0.29, 0.717) is 6.54 Å². The first-order chi connectivity index (χ1) is 11.8. The molecule has 0 aliphatic rings. The second-order valence-electron chi connectivity index (χ2n) is 6.84. The van der Waals surface area contributed by atoms with Crippen LogP contribution in [0.1, 0.15) is 30.5 Å². The van der Waals surface area contributed by atoms with Gasteiger partial charge >= 0.3 is 0 Å². The third-order valence-electron chi connectivity index (χ3n) is 4.40. The van der Waals surface area contributed by atoms with Crippen LogP contribution in [0.15, 0.2) is 48.5 Å². The molecule has 0 unspecified atom stereocenters. The van der Waals surface area contributed by atoms with Gasteiger partial charge in [0.05, 0.1) is 0 Å². The van der Waals surface area contributed by atoms with Gasteiger partial charge in [-0.3, -0.25) is 9.59 Å². The van der Waals surface area contributed by atoms with E-state index in [2.05, 4.69) is 10.6 Å². The second kappa shape index (κ2) is 7.97. The molecule has 0 aliphatic heterocycles. The van der Waals surface area contributed by atoms with Crippen molar-refractivity contribution in [3.05, 3.63) is 65.2 Å². The first-order valence-electron chi connectivity index (χ1n) is 8.52. The molecule has 2 amide bonds. The highest BCUT2D eigenvalue weighted by atomic mass is 16.2. The quantitative estimate of drug-likeness (QED) is 0.790. The maximum atomic E-state index is 12.6. The maximum absolute atomic E-state index is 12.6. The lowest BCUT2D eigenvalue weighted by Gasteiger charge is -2.24. The van der Waals surface area contributed by atoms with E-state index in [1.165, 1.54) is 0 Å². The lowest BCUT2D eigenvalue weighted by Crippen LogP contribution is -2.45. The molecule has 0 saturated carbocycles. The Hall–Kier alpha value is -2.62. The lowest BCUT2D eigenvalue weighted by atomic mass is 9.90. The molecule has 132 valence electrons. The summed E-state index contributed by atoms with van der Waals surface area (Å²) in [4.78, 5) is 25.1. The summed E-state index contributed by atoms with van der Waals surface area (Å²) in [7, 11) is 0. The summed E-state index contributed by atoms with van der Waals surface area (Å²) in [5.41, 5.74) is 2.74. The van der Waals surface area contributed by atoms with E-state index in [0.717, 1.165) is 28.8 Å². The Balaban J connectivity index is 1.96. The predicted octanol–water partition coefficient (Wildman–Crippen LogP) is 3.63. The van der Waals surface area contributed by atoms with Crippen molar-refractivity contribution >= 4 is 17.5 Å². The third-order valence-corrected chi connectivity index (χ3v) is 4.40. The van der Waals surface area contributed by atoms with Gasteiger partial charge in [0.25, 0.3) is 0 Å². The standard InChI is InChI=1S/C21H26N2O2/c1-15-9-8-10-16(2)18(15)23-20(25)21(3,4)19(24)22-14-13-17-11-6-5-7-12-17/h5-12H,13-14H2,1-4H3,(H,22,24)(H,23,25). The van der Waals surface area contributed by atoms with Crippen LogP contribution in [0.5, 0.6) is 0 Å². The number of anilines is 1. The topological polar surface area (TPSA) is 58.2 Å². The van der Waals surface area contributed by atoms with E-state index in [1.54, 1.807) is 13.8 Å². The van der Waals surface area contributed by atoms with Crippen LogP contribution in [0.25, 0.3) is 0 Å². The maximum Gasteiger partial charge on any atom is 0.239 e. The normalized spacial score (nSPS) is 11.0. The summed E-state index contributed by atoms with van der Waals surface area (Å²) in [5.74, 6) is -0.575. The fourth-order valence-corrected chi connectivity index (χ4v) is 2.57. The number of carbonyl (C=O) groups excluding carboxylic acids is 2. The summed E-state index contributed by atoms with van der Waals surface area (Å²) in [5, 5.41) is 5.78. The Morgan fingerprint density at radius 2 is 1.48 bits per heavy atom. The van der Waals surface area contributed by atoms with Gasteiger partial charge in [0.15, 0.2) is 0 Å². The molecule has 0 bridgehead atoms. The van der Waals surface area contributed by atoms with Crippen LogP contribution in [-0.2, 0) is 16.0 Å². The first kappa shape index (κ1) is 18.7. The molecule has 2 N–H and O–H groups in total. The van der Waals surface area contributed by atoms with Gasteiger partial charge in [-0.1, -0.05) is 48.5 Å². The van der Waals surface area contributed by atoms with Crippen molar-refractivity contribution in [3.8, 4) is 0 Å². The Bertz CT molecular complexity index is 731. The van der Waals surface area contributed by atoms with E-state index in [1.807, 2.05) is 62.4 Å². The highest BCUT2D eigenvalue weighted by Crippen LogP contribution is 2.24. The number of benzene rings is 2. The van der Waals surface area contributed by atoms with Gasteiger partial charge in [0.1, 0.15) is 5.41 Å². The highest BCUT2D eigenvalue weighted by molar-refractivity contribution is 6.10. The van der Waals surface area contributed by atoms with Gasteiger partial charge in [-0.05, 0) is 50.8 Å². The Labute approximate surface area is 149 Å². The molecule has 0 saturated heterocycles. The number of carbonyl (C=O) groups is 2. The van der Waals surface area contributed by atoms with Crippen LogP contribution in [0.2, 0.25) is 0 Å². The lowest BCUT2D eigenvalue weighted by molar-refractivity contribution is -0.138. The van der Waals surface area contributed by atoms with Crippen molar-refractivity contribution in [1.82, 2.24) is 5.32 Å². The van der Waals surface area contributed by atoms with E-state index < -0.39 is 5.41 Å². The molecule has 0 radical (unpaired) electrons. The second-order valence-corrected chi connectivity index (χ2v) is 6.84. The van der Waals surface area contributed by atoms with Gasteiger partial charge in [0, 0.05) is 12.2 Å². The summed E-state index contributed by atoms with van der Waals surface area (Å²) in [6.45, 7) is 7.68. The first-order valence-corrected chi connectivity index (χ1v) is 8.52. The van der Waals surface area contributed by atoms with E-state index in [4.69, 9.17) is 0 Å². The number of rotatable bonds is 6. The molecule has 2 aromatic carbocycles. The molecule has 0 heterocycles. The molecule has 2 rings (SSSR count). The minimum Gasteiger partial charge on any atom is -0.355 e. The van der Waals surface area contributed by atoms with Crippen LogP contribution in [0, 0.1) is 19.3 Å². The number of hydrogen-bond acceptors (Lipinski definition) is 2. The van der Waals surface area contributed by atoms with Gasteiger partial charge in [-0.2, -0.15) is 0 Å². The Kier molecular flexibility index (Phi) is 5.97. The number of aryl methyl sites for hydroxylation is 2. The van der Waals surface area contributed by atoms with Gasteiger partial charge in [0.2, 0.25) is 11.8 Å². The van der Waals surface area contributed by atoms with Crippen molar-refractivity contribution in [1.29, 1.82) is 0 Å². The molecular formula is C21H26N2O2. The fourth-order valence-electron chi connectivity index (χ4n) is 2.57. The zero-order chi connectivity index (χ0) is 18.4. The number of para-hydroxylation sites is 1. The van der Waals surface area contributed by atoms with Crippen LogP contribution >= 0.6 is 0 Å². The van der Waals surface area contributed by atoms with Crippen molar-refractivity contribution in [3.63, 3.8) is 0 Å².